The number of esters is 1. The first-order valence-electron chi connectivity index (χ1n) is 5.53. The molecule has 6 heteroatoms. The number of methoxy groups -OCH3 is 2. The third-order valence-corrected chi connectivity index (χ3v) is 3.32. The van der Waals surface area contributed by atoms with Gasteiger partial charge in [-0.3, -0.25) is 9.59 Å². The third kappa shape index (κ3) is 4.49. The number of hydrogen-bond acceptors (Lipinski definition) is 4. The second-order valence-corrected chi connectivity index (χ2v) is 4.74. The Labute approximate surface area is 121 Å². The maximum Gasteiger partial charge on any atom is 0.316 e. The standard InChI is InChI=1S/C13H14Cl2O4/c1-18-7-12(16)9(13(17)19-2)5-8-3-4-10(14)11(15)6-8/h3-4,6,9H,5,7H2,1-2H3. The zero-order valence-corrected chi connectivity index (χ0v) is 12.1. The molecule has 1 atom stereocenters. The minimum Gasteiger partial charge on any atom is -0.468 e. The van der Waals surface area contributed by atoms with Crippen LogP contribution < -0.4 is 0 Å². The Morgan fingerprint density at radius 1 is 1.21 bits per heavy atom. The molecule has 0 heterocycles. The highest BCUT2D eigenvalue weighted by Crippen LogP contribution is 2.24. The molecule has 0 spiro atoms. The Bertz CT molecular complexity index is 474. The van der Waals surface area contributed by atoms with Gasteiger partial charge < -0.3 is 9.47 Å². The van der Waals surface area contributed by atoms with Gasteiger partial charge in [0.15, 0.2) is 5.78 Å². The summed E-state index contributed by atoms with van der Waals surface area (Å²) in [5, 5.41) is 0.797. The second-order valence-electron chi connectivity index (χ2n) is 3.93. The predicted molar refractivity (Wildman–Crippen MR) is 72.6 cm³/mol. The van der Waals surface area contributed by atoms with Gasteiger partial charge in [0.05, 0.1) is 17.2 Å². The normalized spacial score (nSPS) is 12.0. The summed E-state index contributed by atoms with van der Waals surface area (Å²) in [7, 11) is 2.63. The van der Waals surface area contributed by atoms with Gasteiger partial charge in [0.1, 0.15) is 12.5 Å². The van der Waals surface area contributed by atoms with Crippen molar-refractivity contribution in [3.05, 3.63) is 33.8 Å². The van der Waals surface area contributed by atoms with Crippen LogP contribution in [0.5, 0.6) is 0 Å². The molecule has 0 saturated carbocycles. The molecule has 104 valence electrons. The fraction of sp³-hybridized carbons (Fsp3) is 0.385. The van der Waals surface area contributed by atoms with Crippen LogP contribution in [0.15, 0.2) is 18.2 Å². The van der Waals surface area contributed by atoms with E-state index in [0.717, 1.165) is 5.56 Å². The average molecular weight is 305 g/mol. The Kier molecular flexibility index (Phi) is 6.28. The van der Waals surface area contributed by atoms with E-state index in [0.29, 0.717) is 10.0 Å². The third-order valence-electron chi connectivity index (χ3n) is 2.58. The lowest BCUT2D eigenvalue weighted by molar-refractivity contribution is -0.150. The van der Waals surface area contributed by atoms with Crippen molar-refractivity contribution in [2.45, 2.75) is 6.42 Å². The largest absolute Gasteiger partial charge is 0.468 e. The number of ketones is 1. The number of ether oxygens (including phenoxy) is 2. The van der Waals surface area contributed by atoms with Crippen molar-refractivity contribution in [3.8, 4) is 0 Å². The van der Waals surface area contributed by atoms with E-state index in [9.17, 15) is 9.59 Å². The van der Waals surface area contributed by atoms with E-state index >= 15 is 0 Å². The number of rotatable bonds is 6. The van der Waals surface area contributed by atoms with Crippen molar-refractivity contribution in [2.24, 2.45) is 5.92 Å². The first-order valence-corrected chi connectivity index (χ1v) is 6.28. The minimum atomic E-state index is -0.901. The van der Waals surface area contributed by atoms with Crippen LogP contribution in [-0.2, 0) is 25.5 Å². The zero-order chi connectivity index (χ0) is 14.4. The number of carbonyl (C=O) groups is 2. The fourth-order valence-corrected chi connectivity index (χ4v) is 1.94. The van der Waals surface area contributed by atoms with Crippen LogP contribution in [0.4, 0.5) is 0 Å². The minimum absolute atomic E-state index is 0.138. The molecular formula is C13H14Cl2O4. The average Bonchev–Trinajstić information content (AvgIpc) is 2.39. The summed E-state index contributed by atoms with van der Waals surface area (Å²) in [6, 6.07) is 4.96. The van der Waals surface area contributed by atoms with Crippen LogP contribution in [0.1, 0.15) is 5.56 Å². The number of Topliss-reactive ketones (excluding diaryl/α,β-unsaturated/α-hetero) is 1. The van der Waals surface area contributed by atoms with E-state index in [1.165, 1.54) is 14.2 Å². The molecule has 0 bridgehead atoms. The smallest absolute Gasteiger partial charge is 0.316 e. The quantitative estimate of drug-likeness (QED) is 0.598. The van der Waals surface area contributed by atoms with Crippen LogP contribution in [0.2, 0.25) is 10.0 Å². The lowest BCUT2D eigenvalue weighted by Gasteiger charge is -2.13. The maximum absolute atomic E-state index is 11.8. The van der Waals surface area contributed by atoms with E-state index in [1.807, 2.05) is 0 Å². The molecule has 1 aromatic carbocycles. The zero-order valence-electron chi connectivity index (χ0n) is 10.6. The summed E-state index contributed by atoms with van der Waals surface area (Å²) in [5.74, 6) is -1.82. The molecule has 0 saturated heterocycles. The van der Waals surface area contributed by atoms with Gasteiger partial charge >= 0.3 is 5.97 Å². The highest BCUT2D eigenvalue weighted by atomic mass is 35.5. The van der Waals surface area contributed by atoms with Crippen molar-refractivity contribution in [1.29, 1.82) is 0 Å². The van der Waals surface area contributed by atoms with Gasteiger partial charge in [-0.05, 0) is 24.1 Å². The van der Waals surface area contributed by atoms with Gasteiger partial charge in [0, 0.05) is 7.11 Å². The molecule has 0 aliphatic carbocycles. The lowest BCUT2D eigenvalue weighted by atomic mass is 9.95. The van der Waals surface area contributed by atoms with Crippen LogP contribution in [0.3, 0.4) is 0 Å². The van der Waals surface area contributed by atoms with Crippen LogP contribution in [0.25, 0.3) is 0 Å². The number of carbonyl (C=O) groups excluding carboxylic acids is 2. The van der Waals surface area contributed by atoms with E-state index in [-0.39, 0.29) is 18.8 Å². The first-order chi connectivity index (χ1) is 8.99. The Hall–Kier alpha value is -1.10. The molecule has 0 aliphatic rings. The van der Waals surface area contributed by atoms with Gasteiger partial charge in [-0.2, -0.15) is 0 Å². The topological polar surface area (TPSA) is 52.6 Å². The summed E-state index contributed by atoms with van der Waals surface area (Å²) in [6.45, 7) is -0.138. The van der Waals surface area contributed by atoms with E-state index < -0.39 is 11.9 Å². The summed E-state index contributed by atoms with van der Waals surface area (Å²) in [5.41, 5.74) is 0.731. The van der Waals surface area contributed by atoms with E-state index in [1.54, 1.807) is 18.2 Å². The van der Waals surface area contributed by atoms with Gasteiger partial charge in [-0.25, -0.2) is 0 Å². The van der Waals surface area contributed by atoms with Crippen LogP contribution in [0, 0.1) is 5.92 Å². The first kappa shape index (κ1) is 16.0. The Morgan fingerprint density at radius 3 is 2.42 bits per heavy atom. The SMILES string of the molecule is COCC(=O)C(Cc1ccc(Cl)c(Cl)c1)C(=O)OC. The van der Waals surface area contributed by atoms with E-state index in [2.05, 4.69) is 4.74 Å². The molecule has 1 aromatic rings. The highest BCUT2D eigenvalue weighted by Gasteiger charge is 2.27. The predicted octanol–water partition coefficient (Wildman–Crippen LogP) is 2.54. The van der Waals surface area contributed by atoms with Gasteiger partial charge in [-0.15, -0.1) is 0 Å². The molecule has 1 unspecified atom stereocenters. The molecule has 4 nitrogen and oxygen atoms in total. The fourth-order valence-electron chi connectivity index (χ4n) is 1.62. The van der Waals surface area contributed by atoms with E-state index in [4.69, 9.17) is 27.9 Å². The van der Waals surface area contributed by atoms with Gasteiger partial charge in [0.2, 0.25) is 0 Å². The molecule has 0 aromatic heterocycles. The lowest BCUT2D eigenvalue weighted by Crippen LogP contribution is -2.30. The Morgan fingerprint density at radius 2 is 1.89 bits per heavy atom. The number of halogens is 2. The molecule has 0 amide bonds. The van der Waals surface area contributed by atoms with Crippen molar-refractivity contribution < 1.29 is 19.1 Å². The summed E-state index contributed by atoms with van der Waals surface area (Å²) < 4.78 is 9.39. The molecule has 0 N–H and O–H groups in total. The second kappa shape index (κ2) is 7.48. The monoisotopic (exact) mass is 304 g/mol. The highest BCUT2D eigenvalue weighted by molar-refractivity contribution is 6.42. The van der Waals surface area contributed by atoms with Crippen LogP contribution >= 0.6 is 23.2 Å². The molecule has 0 radical (unpaired) electrons. The summed E-state index contributed by atoms with van der Waals surface area (Å²) in [4.78, 5) is 23.4. The molecular weight excluding hydrogens is 291 g/mol. The Balaban J connectivity index is 2.90. The van der Waals surface area contributed by atoms with Crippen LogP contribution in [-0.4, -0.2) is 32.6 Å². The summed E-state index contributed by atoms with van der Waals surface area (Å²) >= 11 is 11.7. The van der Waals surface area contributed by atoms with Crippen molar-refractivity contribution in [1.82, 2.24) is 0 Å². The maximum atomic E-state index is 11.8. The summed E-state index contributed by atoms with van der Waals surface area (Å²) in [6.07, 6.45) is 0.200. The molecule has 1 rings (SSSR count). The van der Waals surface area contributed by atoms with Crippen molar-refractivity contribution in [3.63, 3.8) is 0 Å². The van der Waals surface area contributed by atoms with Gasteiger partial charge in [-0.1, -0.05) is 29.3 Å². The van der Waals surface area contributed by atoms with Gasteiger partial charge in [0.25, 0.3) is 0 Å². The number of hydrogen-bond donors (Lipinski definition) is 0. The molecule has 0 fully saturated rings. The molecule has 0 aliphatic heterocycles. The molecule has 19 heavy (non-hydrogen) atoms. The van der Waals surface area contributed by atoms with Crippen molar-refractivity contribution in [2.75, 3.05) is 20.8 Å². The van der Waals surface area contributed by atoms with Crippen molar-refractivity contribution >= 4 is 35.0 Å². The number of benzene rings is 1.